The highest BCUT2D eigenvalue weighted by Crippen LogP contribution is 1.82. The van der Waals surface area contributed by atoms with Gasteiger partial charge in [-0.25, -0.2) is 0 Å². The number of aliphatic hydroxyl groups is 1. The van der Waals surface area contributed by atoms with E-state index in [1.165, 1.54) is 0 Å². The first-order chi connectivity index (χ1) is 4.81. The summed E-state index contributed by atoms with van der Waals surface area (Å²) >= 11 is 0. The van der Waals surface area contributed by atoms with Gasteiger partial charge in [-0.15, -0.1) is 0 Å². The third-order valence-electron chi connectivity index (χ3n) is 1.28. The molecule has 1 unspecified atom stereocenters. The maximum Gasteiger partial charge on any atom is 0.106 e. The maximum atomic E-state index is 9.12. The lowest BCUT2D eigenvalue weighted by atomic mass is 10.3. The molecule has 0 aromatic heterocycles. The third-order valence-corrected chi connectivity index (χ3v) is 1.28. The molecule has 0 spiro atoms. The zero-order valence-corrected chi connectivity index (χ0v) is 6.85. The molecule has 0 aliphatic rings. The molecule has 3 nitrogen and oxygen atoms in total. The van der Waals surface area contributed by atoms with Crippen molar-refractivity contribution in [3.63, 3.8) is 0 Å². The molecule has 1 atom stereocenters. The molecule has 0 bridgehead atoms. The Labute approximate surface area is 62.8 Å². The molecule has 0 saturated carbocycles. The lowest BCUT2D eigenvalue weighted by Crippen LogP contribution is -2.31. The van der Waals surface area contributed by atoms with E-state index < -0.39 is 0 Å². The Kier molecular flexibility index (Phi) is 6.91. The summed E-state index contributed by atoms with van der Waals surface area (Å²) in [6.07, 6.45) is 0.436. The molecule has 10 heavy (non-hydrogen) atoms. The minimum absolute atomic E-state index is 0.343. The number of rotatable bonds is 6. The van der Waals surface area contributed by atoms with Gasteiger partial charge < -0.3 is 10.4 Å². The van der Waals surface area contributed by atoms with Gasteiger partial charge in [0.1, 0.15) is 6.23 Å². The zero-order chi connectivity index (χ0) is 7.82. The third kappa shape index (κ3) is 6.01. The van der Waals surface area contributed by atoms with Gasteiger partial charge in [-0.05, 0) is 26.1 Å². The van der Waals surface area contributed by atoms with Crippen molar-refractivity contribution in [1.29, 1.82) is 0 Å². The smallest absolute Gasteiger partial charge is 0.106 e. The van der Waals surface area contributed by atoms with Gasteiger partial charge in [-0.3, -0.25) is 5.32 Å². The molecular weight excluding hydrogens is 128 g/mol. The summed E-state index contributed by atoms with van der Waals surface area (Å²) in [5, 5.41) is 15.2. The Hall–Kier alpha value is -0.120. The average Bonchev–Trinajstić information content (AvgIpc) is 1.89. The lowest BCUT2D eigenvalue weighted by molar-refractivity contribution is 0.130. The fourth-order valence-electron chi connectivity index (χ4n) is 0.753. The zero-order valence-electron chi connectivity index (χ0n) is 6.85. The lowest BCUT2D eigenvalue weighted by Gasteiger charge is -2.10. The molecule has 0 heterocycles. The minimum atomic E-state index is -0.343. The summed E-state index contributed by atoms with van der Waals surface area (Å²) in [5.41, 5.74) is 0. The fourth-order valence-corrected chi connectivity index (χ4v) is 0.753. The summed E-state index contributed by atoms with van der Waals surface area (Å²) in [6.45, 7) is 6.72. The molecule has 3 heteroatoms. The monoisotopic (exact) mass is 146 g/mol. The normalized spacial score (nSPS) is 13.5. The molecule has 0 amide bonds. The standard InChI is InChI=1S/C7H18N2O/c1-3-8-6-5-7(10)9-4-2/h7-10H,3-6H2,1-2H3. The van der Waals surface area contributed by atoms with Crippen molar-refractivity contribution >= 4 is 0 Å². The first-order valence-electron chi connectivity index (χ1n) is 3.93. The highest BCUT2D eigenvalue weighted by atomic mass is 16.3. The SMILES string of the molecule is CCNCCC(O)NCC. The molecule has 0 fully saturated rings. The van der Waals surface area contributed by atoms with Crippen molar-refractivity contribution in [1.82, 2.24) is 10.6 Å². The van der Waals surface area contributed by atoms with Crippen molar-refractivity contribution in [2.75, 3.05) is 19.6 Å². The summed E-state index contributed by atoms with van der Waals surface area (Å²) in [6, 6.07) is 0. The number of nitrogens with one attached hydrogen (secondary N) is 2. The molecule has 0 aromatic carbocycles. The van der Waals surface area contributed by atoms with Crippen LogP contribution in [0, 0.1) is 0 Å². The van der Waals surface area contributed by atoms with E-state index in [1.54, 1.807) is 0 Å². The molecule has 0 aliphatic heterocycles. The highest BCUT2D eigenvalue weighted by molar-refractivity contribution is 4.53. The largest absolute Gasteiger partial charge is 0.379 e. The molecule has 3 N–H and O–H groups in total. The van der Waals surface area contributed by atoms with E-state index in [9.17, 15) is 0 Å². The Morgan fingerprint density at radius 3 is 2.50 bits per heavy atom. The van der Waals surface area contributed by atoms with Gasteiger partial charge in [0.25, 0.3) is 0 Å². The number of hydrogen-bond donors (Lipinski definition) is 3. The number of hydrogen-bond acceptors (Lipinski definition) is 3. The van der Waals surface area contributed by atoms with Crippen LogP contribution in [0.15, 0.2) is 0 Å². The van der Waals surface area contributed by atoms with Gasteiger partial charge in [0.2, 0.25) is 0 Å². The first kappa shape index (κ1) is 9.88. The van der Waals surface area contributed by atoms with Gasteiger partial charge in [0, 0.05) is 0 Å². The van der Waals surface area contributed by atoms with Gasteiger partial charge in [0.05, 0.1) is 0 Å². The highest BCUT2D eigenvalue weighted by Gasteiger charge is 1.98. The van der Waals surface area contributed by atoms with E-state index in [-0.39, 0.29) is 6.23 Å². The molecule has 0 rings (SSSR count). The second-order valence-corrected chi connectivity index (χ2v) is 2.22. The van der Waals surface area contributed by atoms with E-state index in [0.717, 1.165) is 26.1 Å². The fraction of sp³-hybridized carbons (Fsp3) is 1.00. The summed E-state index contributed by atoms with van der Waals surface area (Å²) < 4.78 is 0. The van der Waals surface area contributed by atoms with Crippen LogP contribution in [-0.4, -0.2) is 31.0 Å². The van der Waals surface area contributed by atoms with Crippen molar-refractivity contribution in [3.8, 4) is 0 Å². The van der Waals surface area contributed by atoms with Gasteiger partial charge in [-0.2, -0.15) is 0 Å². The van der Waals surface area contributed by atoms with Crippen LogP contribution < -0.4 is 10.6 Å². The van der Waals surface area contributed by atoms with E-state index in [1.807, 2.05) is 6.92 Å². The predicted molar refractivity (Wildman–Crippen MR) is 42.8 cm³/mol. The summed E-state index contributed by atoms with van der Waals surface area (Å²) in [5.74, 6) is 0. The minimum Gasteiger partial charge on any atom is -0.379 e. The van der Waals surface area contributed by atoms with Crippen LogP contribution in [0.25, 0.3) is 0 Å². The van der Waals surface area contributed by atoms with Crippen LogP contribution in [0.3, 0.4) is 0 Å². The summed E-state index contributed by atoms with van der Waals surface area (Å²) in [4.78, 5) is 0. The Bertz CT molecular complexity index is 68.6. The molecule has 0 aliphatic carbocycles. The summed E-state index contributed by atoms with van der Waals surface area (Å²) in [7, 11) is 0. The number of aliphatic hydroxyl groups excluding tert-OH is 1. The molecule has 0 aromatic rings. The van der Waals surface area contributed by atoms with E-state index in [2.05, 4.69) is 17.6 Å². The van der Waals surface area contributed by atoms with Crippen LogP contribution in [0.1, 0.15) is 20.3 Å². The molecule has 0 radical (unpaired) electrons. The van der Waals surface area contributed by atoms with Crippen LogP contribution in [0.2, 0.25) is 0 Å². The van der Waals surface area contributed by atoms with Crippen LogP contribution in [0.4, 0.5) is 0 Å². The van der Waals surface area contributed by atoms with Crippen LogP contribution in [-0.2, 0) is 0 Å². The van der Waals surface area contributed by atoms with Gasteiger partial charge >= 0.3 is 0 Å². The first-order valence-corrected chi connectivity index (χ1v) is 3.93. The topological polar surface area (TPSA) is 44.3 Å². The Balaban J connectivity index is 2.97. The molecular formula is C7H18N2O. The van der Waals surface area contributed by atoms with Crippen LogP contribution >= 0.6 is 0 Å². The van der Waals surface area contributed by atoms with Gasteiger partial charge in [-0.1, -0.05) is 13.8 Å². The Morgan fingerprint density at radius 1 is 1.30 bits per heavy atom. The average molecular weight is 146 g/mol. The maximum absolute atomic E-state index is 9.12. The molecule has 62 valence electrons. The van der Waals surface area contributed by atoms with Crippen molar-refractivity contribution < 1.29 is 5.11 Å². The van der Waals surface area contributed by atoms with E-state index in [4.69, 9.17) is 5.11 Å². The second-order valence-electron chi connectivity index (χ2n) is 2.22. The second kappa shape index (κ2) is 6.99. The van der Waals surface area contributed by atoms with Gasteiger partial charge in [0.15, 0.2) is 0 Å². The van der Waals surface area contributed by atoms with Crippen LogP contribution in [0.5, 0.6) is 0 Å². The molecule has 0 saturated heterocycles. The Morgan fingerprint density at radius 2 is 2.00 bits per heavy atom. The van der Waals surface area contributed by atoms with Crippen molar-refractivity contribution in [2.24, 2.45) is 0 Å². The quantitative estimate of drug-likeness (QED) is 0.362. The predicted octanol–water partition coefficient (Wildman–Crippen LogP) is -0.0861. The van der Waals surface area contributed by atoms with E-state index in [0.29, 0.717) is 0 Å². The van der Waals surface area contributed by atoms with E-state index >= 15 is 0 Å². The van der Waals surface area contributed by atoms with Crippen molar-refractivity contribution in [2.45, 2.75) is 26.5 Å². The van der Waals surface area contributed by atoms with Crippen molar-refractivity contribution in [3.05, 3.63) is 0 Å².